The first-order valence-electron chi connectivity index (χ1n) is 12.3. The van der Waals surface area contributed by atoms with Crippen molar-refractivity contribution in [1.29, 1.82) is 0 Å². The van der Waals surface area contributed by atoms with E-state index in [2.05, 4.69) is 35.2 Å². The number of nitrogens with one attached hydrogen (secondary N) is 1. The quantitative estimate of drug-likeness (QED) is 0.263. The summed E-state index contributed by atoms with van der Waals surface area (Å²) in [6, 6.07) is 5.01. The third-order valence-corrected chi connectivity index (χ3v) is 8.78. The number of benzene rings is 1. The Morgan fingerprint density at radius 2 is 2.16 bits per heavy atom. The van der Waals surface area contributed by atoms with Crippen molar-refractivity contribution in [2.75, 3.05) is 17.7 Å². The molecule has 3 aromatic rings. The first-order valence-corrected chi connectivity index (χ1v) is 16.4. The molecule has 4 N–H and O–H groups in total. The summed E-state index contributed by atoms with van der Waals surface area (Å²) in [5, 5.41) is 23.0. The molecule has 1 saturated carbocycles. The van der Waals surface area contributed by atoms with Gasteiger partial charge >= 0.3 is 0 Å². The Morgan fingerprint density at radius 1 is 1.41 bits per heavy atom. The van der Waals surface area contributed by atoms with Crippen molar-refractivity contribution in [3.05, 3.63) is 58.3 Å². The number of nitrogens with zero attached hydrogens (tertiary/aromatic N) is 4. The van der Waals surface area contributed by atoms with Crippen LogP contribution < -0.4 is 11.1 Å². The molecule has 0 aliphatic heterocycles. The molecule has 1 amide bonds. The van der Waals surface area contributed by atoms with E-state index >= 15 is 0 Å². The Morgan fingerprint density at radius 3 is 2.86 bits per heavy atom. The van der Waals surface area contributed by atoms with Gasteiger partial charge in [0.2, 0.25) is 0 Å². The van der Waals surface area contributed by atoms with Crippen LogP contribution in [0.25, 0.3) is 0 Å². The maximum Gasteiger partial charge on any atom is 0.261 e. The van der Waals surface area contributed by atoms with E-state index in [0.29, 0.717) is 49.5 Å². The van der Waals surface area contributed by atoms with Crippen molar-refractivity contribution in [3.8, 4) is 0 Å². The molecule has 1 aliphatic carbocycles. The Hall–Kier alpha value is -2.73. The van der Waals surface area contributed by atoms with Crippen LogP contribution in [0.1, 0.15) is 46.8 Å². The first-order chi connectivity index (χ1) is 17.4. The lowest BCUT2D eigenvalue weighted by Crippen LogP contribution is -2.22. The molecule has 2 atom stereocenters. The van der Waals surface area contributed by atoms with E-state index in [0.717, 1.165) is 6.04 Å². The number of nitrogens with two attached hydrogens (primary N) is 1. The molecule has 1 fully saturated rings. The third-order valence-electron chi connectivity index (χ3n) is 6.79. The number of nitrogen functional groups attached to an aromatic ring is 1. The molecule has 0 radical (unpaired) electrons. The largest absolute Gasteiger partial charge is 0.385 e. The van der Waals surface area contributed by atoms with Gasteiger partial charge in [-0.1, -0.05) is 31.2 Å². The molecule has 0 spiro atoms. The van der Waals surface area contributed by atoms with Gasteiger partial charge in [-0.05, 0) is 43.5 Å². The summed E-state index contributed by atoms with van der Waals surface area (Å²) in [5.41, 5.74) is 6.91. The second-order valence-corrected chi connectivity index (χ2v) is 17.0. The van der Waals surface area contributed by atoms with Crippen LogP contribution in [0, 0.1) is 5.82 Å². The maximum atomic E-state index is 13.5. The van der Waals surface area contributed by atoms with Crippen molar-refractivity contribution in [2.24, 2.45) is 7.05 Å². The molecule has 12 heteroatoms. The van der Waals surface area contributed by atoms with Crippen molar-refractivity contribution in [1.82, 2.24) is 19.6 Å². The molecule has 9 nitrogen and oxygen atoms in total. The summed E-state index contributed by atoms with van der Waals surface area (Å²) >= 11 is 5.85. The number of aryl methyl sites for hydroxylation is 1. The Balaban J connectivity index is 1.46. The highest BCUT2D eigenvalue weighted by Crippen LogP contribution is 2.47. The molecule has 200 valence electrons. The fraction of sp³-hybridized carbons (Fsp3) is 0.480. The second kappa shape index (κ2) is 10.6. The van der Waals surface area contributed by atoms with E-state index in [9.17, 15) is 14.3 Å². The van der Waals surface area contributed by atoms with E-state index < -0.39 is 25.4 Å². The minimum Gasteiger partial charge on any atom is -0.385 e. The molecule has 0 saturated heterocycles. The molecule has 1 aromatic carbocycles. The Labute approximate surface area is 221 Å². The minimum absolute atomic E-state index is 0.0972. The van der Waals surface area contributed by atoms with Crippen LogP contribution in [0.3, 0.4) is 0 Å². The molecule has 2 aromatic heterocycles. The van der Waals surface area contributed by atoms with Crippen molar-refractivity contribution in [3.63, 3.8) is 0 Å². The van der Waals surface area contributed by atoms with Crippen LogP contribution in [0.15, 0.2) is 30.6 Å². The third kappa shape index (κ3) is 6.23. The van der Waals surface area contributed by atoms with Gasteiger partial charge in [0.15, 0.2) is 0 Å². The summed E-state index contributed by atoms with van der Waals surface area (Å²) < 4.78 is 22.4. The number of halogens is 2. The highest BCUT2D eigenvalue weighted by atomic mass is 35.5. The zero-order valence-electron chi connectivity index (χ0n) is 21.6. The lowest BCUT2D eigenvalue weighted by Gasteiger charge is -2.21. The lowest BCUT2D eigenvalue weighted by atomic mass is 9.92. The van der Waals surface area contributed by atoms with Crippen molar-refractivity contribution in [2.45, 2.75) is 63.2 Å². The van der Waals surface area contributed by atoms with Crippen LogP contribution in [0.2, 0.25) is 30.7 Å². The standard InChI is InChI=1S/C25H34ClFN6O3Si/c1-32-23(28)21(24(34)30-18-5-6-20(27)19(26)11-18)22(31-32)16-7-8-25(35,12-16)17-13-29-33(14-17)15-36-9-10-37(2,3)4/h5-6,11,13-14,16,35H,7-10,12,15,28H2,1-4H3,(H,30,34). The average molecular weight is 549 g/mol. The van der Waals surface area contributed by atoms with Crippen LogP contribution in [0.5, 0.6) is 0 Å². The normalized spacial score (nSPS) is 19.9. The molecule has 1 aliphatic rings. The smallest absolute Gasteiger partial charge is 0.261 e. The number of aromatic nitrogens is 4. The number of carbonyl (C=O) groups excluding carboxylic acids is 1. The van der Waals surface area contributed by atoms with Crippen LogP contribution in [-0.4, -0.2) is 45.3 Å². The molecular weight excluding hydrogens is 515 g/mol. The van der Waals surface area contributed by atoms with E-state index in [4.69, 9.17) is 22.1 Å². The minimum atomic E-state index is -1.17. The van der Waals surface area contributed by atoms with Crippen LogP contribution in [-0.2, 0) is 24.1 Å². The zero-order valence-corrected chi connectivity index (χ0v) is 23.3. The molecular formula is C25H34ClFN6O3Si. The van der Waals surface area contributed by atoms with Crippen molar-refractivity contribution >= 4 is 37.1 Å². The van der Waals surface area contributed by atoms with Gasteiger partial charge in [-0.25, -0.2) is 9.07 Å². The second-order valence-electron chi connectivity index (χ2n) is 10.9. The fourth-order valence-corrected chi connectivity index (χ4v) is 5.51. The monoisotopic (exact) mass is 548 g/mol. The highest BCUT2D eigenvalue weighted by Gasteiger charge is 2.43. The van der Waals surface area contributed by atoms with Crippen LogP contribution in [0.4, 0.5) is 15.9 Å². The van der Waals surface area contributed by atoms with Gasteiger partial charge in [-0.2, -0.15) is 10.2 Å². The summed E-state index contributed by atoms with van der Waals surface area (Å²) in [6.45, 7) is 7.93. The summed E-state index contributed by atoms with van der Waals surface area (Å²) in [4.78, 5) is 13.2. The summed E-state index contributed by atoms with van der Waals surface area (Å²) in [5.74, 6) is -1.03. The molecule has 37 heavy (non-hydrogen) atoms. The Bertz CT molecular complexity index is 1290. The van der Waals surface area contributed by atoms with E-state index in [-0.39, 0.29) is 22.3 Å². The van der Waals surface area contributed by atoms with E-state index in [1.165, 1.54) is 22.9 Å². The molecule has 2 heterocycles. The number of carbonyl (C=O) groups is 1. The van der Waals surface area contributed by atoms with E-state index in [1.54, 1.807) is 17.9 Å². The zero-order chi connectivity index (χ0) is 27.0. The van der Waals surface area contributed by atoms with Crippen molar-refractivity contribution < 1.29 is 19.0 Å². The first kappa shape index (κ1) is 27.3. The number of rotatable bonds is 9. The molecule has 0 bridgehead atoms. The highest BCUT2D eigenvalue weighted by molar-refractivity contribution is 6.76. The topological polar surface area (TPSA) is 120 Å². The fourth-order valence-electron chi connectivity index (χ4n) is 4.58. The number of amides is 1. The van der Waals surface area contributed by atoms with E-state index in [1.807, 2.05) is 6.20 Å². The summed E-state index contributed by atoms with van der Waals surface area (Å²) in [6.07, 6.45) is 4.96. The predicted molar refractivity (Wildman–Crippen MR) is 144 cm³/mol. The van der Waals surface area contributed by atoms with Gasteiger partial charge in [0, 0.05) is 45.1 Å². The Kier molecular flexibility index (Phi) is 7.79. The average Bonchev–Trinajstić information content (AvgIpc) is 3.52. The van der Waals surface area contributed by atoms with Gasteiger partial charge in [0.1, 0.15) is 23.9 Å². The number of hydrogen-bond acceptors (Lipinski definition) is 6. The molecule has 4 rings (SSSR count). The van der Waals surface area contributed by atoms with Crippen LogP contribution >= 0.6 is 11.6 Å². The number of anilines is 2. The van der Waals surface area contributed by atoms with Gasteiger partial charge in [0.25, 0.3) is 5.91 Å². The number of aliphatic hydroxyl groups is 1. The lowest BCUT2D eigenvalue weighted by molar-refractivity contribution is 0.0418. The van der Waals surface area contributed by atoms with Gasteiger partial charge in [0.05, 0.1) is 22.5 Å². The SMILES string of the molecule is Cn1nc(C2CCC(O)(c3cnn(COCC[Si](C)(C)C)c3)C2)c(C(=O)Nc2ccc(F)c(Cl)c2)c1N. The number of hydrogen-bond donors (Lipinski definition) is 3. The van der Waals surface area contributed by atoms with Gasteiger partial charge < -0.3 is 20.9 Å². The molecule has 2 unspecified atom stereocenters. The predicted octanol–water partition coefficient (Wildman–Crippen LogP) is 4.71. The summed E-state index contributed by atoms with van der Waals surface area (Å²) in [7, 11) is 0.498. The van der Waals surface area contributed by atoms with Gasteiger partial charge in [-0.3, -0.25) is 9.48 Å². The maximum absolute atomic E-state index is 13.5. The van der Waals surface area contributed by atoms with Gasteiger partial charge in [-0.15, -0.1) is 0 Å². The number of ether oxygens (including phenoxy) is 1.